The van der Waals surface area contributed by atoms with E-state index in [4.69, 9.17) is 14.2 Å². The number of carbonyl (C=O) groups excluding carboxylic acids is 1. The molecule has 0 saturated heterocycles. The van der Waals surface area contributed by atoms with Crippen LogP contribution in [0.25, 0.3) is 0 Å². The van der Waals surface area contributed by atoms with E-state index in [9.17, 15) is 9.18 Å². The quantitative estimate of drug-likeness (QED) is 0.895. The van der Waals surface area contributed by atoms with E-state index in [-0.39, 0.29) is 17.4 Å². The van der Waals surface area contributed by atoms with Gasteiger partial charge in [0.2, 0.25) is 0 Å². The summed E-state index contributed by atoms with van der Waals surface area (Å²) in [6.07, 6.45) is 0.888. The first-order valence-corrected chi connectivity index (χ1v) is 8.13. The summed E-state index contributed by atoms with van der Waals surface area (Å²) in [4.78, 5) is 12.5. The van der Waals surface area contributed by atoms with Gasteiger partial charge in [0.1, 0.15) is 17.6 Å². The summed E-state index contributed by atoms with van der Waals surface area (Å²) < 4.78 is 30.1. The third kappa shape index (κ3) is 3.52. The number of ether oxygens (including phenoxy) is 3. The smallest absolute Gasteiger partial charge is 0.255 e. The molecule has 2 aromatic rings. The van der Waals surface area contributed by atoms with Gasteiger partial charge >= 0.3 is 0 Å². The number of hydrogen-bond acceptors (Lipinski definition) is 4. The maximum absolute atomic E-state index is 13.8. The molecule has 0 fully saturated rings. The van der Waals surface area contributed by atoms with E-state index in [1.54, 1.807) is 6.07 Å². The minimum atomic E-state index is -0.591. The number of methoxy groups -OCH3 is 1. The van der Waals surface area contributed by atoms with Gasteiger partial charge in [0.15, 0.2) is 11.6 Å². The normalized spacial score (nSPS) is 15.3. The Bertz CT molecular complexity index is 806. The lowest BCUT2D eigenvalue weighted by molar-refractivity contribution is 0.102. The van der Waals surface area contributed by atoms with Crippen LogP contribution < -0.4 is 19.5 Å². The summed E-state index contributed by atoms with van der Waals surface area (Å²) in [5, 5.41) is 2.77. The molecule has 0 radical (unpaired) electrons. The molecule has 0 unspecified atom stereocenters. The molecule has 1 N–H and O–H groups in total. The number of benzene rings is 2. The highest BCUT2D eigenvalue weighted by molar-refractivity contribution is 6.05. The molecule has 3 rings (SSSR count). The average molecular weight is 345 g/mol. The summed E-state index contributed by atoms with van der Waals surface area (Å²) in [6, 6.07) is 7.69. The van der Waals surface area contributed by atoms with Crippen molar-refractivity contribution in [2.24, 2.45) is 0 Å². The molecule has 25 heavy (non-hydrogen) atoms. The number of halogens is 1. The predicted molar refractivity (Wildman–Crippen MR) is 92.3 cm³/mol. The minimum Gasteiger partial charge on any atom is -0.494 e. The second-order valence-corrected chi connectivity index (χ2v) is 5.83. The Kier molecular flexibility index (Phi) is 4.79. The Morgan fingerprint density at radius 3 is 2.80 bits per heavy atom. The fraction of sp³-hybridized carbons (Fsp3) is 0.316. The zero-order valence-electron chi connectivity index (χ0n) is 14.4. The Morgan fingerprint density at radius 1 is 1.32 bits per heavy atom. The molecule has 1 heterocycles. The first-order valence-electron chi connectivity index (χ1n) is 8.13. The van der Waals surface area contributed by atoms with Crippen LogP contribution in [0.3, 0.4) is 0 Å². The number of nitrogens with one attached hydrogen (secondary N) is 1. The largest absolute Gasteiger partial charge is 0.494 e. The number of amides is 1. The Hall–Kier alpha value is -2.76. The summed E-state index contributed by atoms with van der Waals surface area (Å²) in [7, 11) is 1.37. The second kappa shape index (κ2) is 7.01. The van der Waals surface area contributed by atoms with E-state index in [1.165, 1.54) is 19.2 Å². The second-order valence-electron chi connectivity index (χ2n) is 5.83. The molecule has 0 aromatic heterocycles. The van der Waals surface area contributed by atoms with Crippen molar-refractivity contribution in [2.75, 3.05) is 19.0 Å². The summed E-state index contributed by atoms with van der Waals surface area (Å²) in [5.41, 5.74) is 1.73. The molecule has 1 amide bonds. The molecular formula is C19H20FNO4. The van der Waals surface area contributed by atoms with Crippen molar-refractivity contribution in [3.8, 4) is 17.2 Å². The van der Waals surface area contributed by atoms with E-state index in [1.807, 2.05) is 19.9 Å². The SMILES string of the molecule is CCOc1cc2c(cc1NC(=O)c1ccc(OC)c(F)c1)O[C@@H](C)C2. The molecule has 5 nitrogen and oxygen atoms in total. The zero-order valence-corrected chi connectivity index (χ0v) is 14.4. The number of fused-ring (bicyclic) bond motifs is 1. The van der Waals surface area contributed by atoms with E-state index in [2.05, 4.69) is 5.32 Å². The third-order valence-corrected chi connectivity index (χ3v) is 3.96. The minimum absolute atomic E-state index is 0.0890. The first-order chi connectivity index (χ1) is 12.0. The van der Waals surface area contributed by atoms with Crippen LogP contribution in [0.15, 0.2) is 30.3 Å². The fourth-order valence-electron chi connectivity index (χ4n) is 2.81. The topological polar surface area (TPSA) is 56.8 Å². The predicted octanol–water partition coefficient (Wildman–Crippen LogP) is 3.81. The van der Waals surface area contributed by atoms with Gasteiger partial charge in [-0.1, -0.05) is 0 Å². The molecule has 0 spiro atoms. The zero-order chi connectivity index (χ0) is 18.0. The average Bonchev–Trinajstić information content (AvgIpc) is 2.94. The van der Waals surface area contributed by atoms with Gasteiger partial charge < -0.3 is 19.5 Å². The first kappa shape index (κ1) is 17.1. The van der Waals surface area contributed by atoms with Crippen LogP contribution in [0.1, 0.15) is 29.8 Å². The van der Waals surface area contributed by atoms with Crippen LogP contribution in [0.2, 0.25) is 0 Å². The van der Waals surface area contributed by atoms with E-state index < -0.39 is 11.7 Å². The monoisotopic (exact) mass is 345 g/mol. The lowest BCUT2D eigenvalue weighted by Gasteiger charge is -2.14. The summed E-state index contributed by atoms with van der Waals surface area (Å²) in [6.45, 7) is 4.32. The van der Waals surface area contributed by atoms with Gasteiger partial charge in [-0.25, -0.2) is 4.39 Å². The third-order valence-electron chi connectivity index (χ3n) is 3.96. The maximum Gasteiger partial charge on any atom is 0.255 e. The molecule has 1 aliphatic heterocycles. The van der Waals surface area contributed by atoms with Crippen molar-refractivity contribution < 1.29 is 23.4 Å². The van der Waals surface area contributed by atoms with Crippen LogP contribution in [0, 0.1) is 5.82 Å². The summed E-state index contributed by atoms with van der Waals surface area (Å²) >= 11 is 0. The number of rotatable bonds is 5. The fourth-order valence-corrected chi connectivity index (χ4v) is 2.81. The molecule has 0 bridgehead atoms. The van der Waals surface area contributed by atoms with Crippen LogP contribution in [-0.2, 0) is 6.42 Å². The summed E-state index contributed by atoms with van der Waals surface area (Å²) in [5.74, 6) is 0.361. The maximum atomic E-state index is 13.8. The van der Waals surface area contributed by atoms with Crippen LogP contribution in [0.4, 0.5) is 10.1 Å². The van der Waals surface area contributed by atoms with Crippen molar-refractivity contribution in [3.63, 3.8) is 0 Å². The van der Waals surface area contributed by atoms with E-state index >= 15 is 0 Å². The highest BCUT2D eigenvalue weighted by Crippen LogP contribution is 2.38. The molecule has 1 atom stereocenters. The van der Waals surface area contributed by atoms with Crippen molar-refractivity contribution in [1.82, 2.24) is 0 Å². The lowest BCUT2D eigenvalue weighted by atomic mass is 10.1. The lowest BCUT2D eigenvalue weighted by Crippen LogP contribution is -2.13. The van der Waals surface area contributed by atoms with Crippen LogP contribution >= 0.6 is 0 Å². The molecular weight excluding hydrogens is 325 g/mol. The Balaban J connectivity index is 1.87. The van der Waals surface area contributed by atoms with Gasteiger partial charge in [-0.2, -0.15) is 0 Å². The molecule has 0 aliphatic carbocycles. The van der Waals surface area contributed by atoms with Gasteiger partial charge in [-0.3, -0.25) is 4.79 Å². The molecule has 0 saturated carbocycles. The van der Waals surface area contributed by atoms with Gasteiger partial charge in [0, 0.05) is 23.6 Å². The molecule has 2 aromatic carbocycles. The van der Waals surface area contributed by atoms with Crippen molar-refractivity contribution in [2.45, 2.75) is 26.4 Å². The Labute approximate surface area is 145 Å². The highest BCUT2D eigenvalue weighted by Gasteiger charge is 2.23. The van der Waals surface area contributed by atoms with Gasteiger partial charge in [0.05, 0.1) is 19.4 Å². The molecule has 1 aliphatic rings. The van der Waals surface area contributed by atoms with Crippen LogP contribution in [0.5, 0.6) is 17.2 Å². The molecule has 6 heteroatoms. The number of hydrogen-bond donors (Lipinski definition) is 1. The number of anilines is 1. The van der Waals surface area contributed by atoms with Crippen LogP contribution in [-0.4, -0.2) is 25.7 Å². The molecule has 132 valence electrons. The van der Waals surface area contributed by atoms with E-state index in [0.717, 1.165) is 23.8 Å². The van der Waals surface area contributed by atoms with Crippen molar-refractivity contribution >= 4 is 11.6 Å². The van der Waals surface area contributed by atoms with Crippen molar-refractivity contribution in [3.05, 3.63) is 47.3 Å². The highest BCUT2D eigenvalue weighted by atomic mass is 19.1. The van der Waals surface area contributed by atoms with E-state index in [0.29, 0.717) is 18.0 Å². The number of carbonyl (C=O) groups is 1. The van der Waals surface area contributed by atoms with Crippen molar-refractivity contribution in [1.29, 1.82) is 0 Å². The van der Waals surface area contributed by atoms with Gasteiger partial charge in [0.25, 0.3) is 5.91 Å². The standard InChI is InChI=1S/C19H20FNO4/c1-4-24-18-9-13-7-11(2)25-17(13)10-15(18)21-19(22)12-5-6-16(23-3)14(20)8-12/h5-6,8-11H,4,7H2,1-3H3,(H,21,22)/t11-/m0/s1. The van der Waals surface area contributed by atoms with Gasteiger partial charge in [-0.15, -0.1) is 0 Å². The Morgan fingerprint density at radius 2 is 2.12 bits per heavy atom. The van der Waals surface area contributed by atoms with Gasteiger partial charge in [-0.05, 0) is 38.1 Å².